The van der Waals surface area contributed by atoms with Gasteiger partial charge in [-0.2, -0.15) is 4.68 Å². The summed E-state index contributed by atoms with van der Waals surface area (Å²) in [5.41, 5.74) is 5.01. The Bertz CT molecular complexity index is 742. The number of halogens is 1. The number of nitrogens with two attached hydrogens (primary N) is 1. The number of esters is 1. The molecule has 0 radical (unpaired) electrons. The van der Waals surface area contributed by atoms with Gasteiger partial charge in [0.15, 0.2) is 5.56 Å². The van der Waals surface area contributed by atoms with Crippen LogP contribution in [0.25, 0.3) is 0 Å². The molecule has 1 aromatic heterocycles. The first kappa shape index (κ1) is 16.4. The van der Waals surface area contributed by atoms with E-state index in [0.29, 0.717) is 5.02 Å². The van der Waals surface area contributed by atoms with E-state index in [1.54, 1.807) is 12.1 Å². The second kappa shape index (κ2) is 6.88. The van der Waals surface area contributed by atoms with Gasteiger partial charge in [-0.05, 0) is 23.1 Å². The highest BCUT2D eigenvalue weighted by atomic mass is 35.5. The quantitative estimate of drug-likeness (QED) is 0.481. The zero-order chi connectivity index (χ0) is 17.0. The van der Waals surface area contributed by atoms with Crippen molar-refractivity contribution in [3.8, 4) is 0 Å². The highest BCUT2D eigenvalue weighted by molar-refractivity contribution is 6.30. The van der Waals surface area contributed by atoms with Crippen LogP contribution in [0.15, 0.2) is 30.5 Å². The van der Waals surface area contributed by atoms with E-state index >= 15 is 0 Å². The Hall–Kier alpha value is -2.94. The smallest absolute Gasteiger partial charge is 0.402 e. The first-order valence-electron chi connectivity index (χ1n) is 6.33. The highest BCUT2D eigenvalue weighted by Crippen LogP contribution is 2.15. The van der Waals surface area contributed by atoms with Crippen molar-refractivity contribution in [2.75, 3.05) is 6.61 Å². The first-order chi connectivity index (χ1) is 10.9. The Balaban J connectivity index is 1.99. The summed E-state index contributed by atoms with van der Waals surface area (Å²) in [6, 6.07) is 6.22. The third kappa shape index (κ3) is 4.04. The second-order valence-corrected chi connectivity index (χ2v) is 4.83. The lowest BCUT2D eigenvalue weighted by atomic mass is 10.2. The summed E-state index contributed by atoms with van der Waals surface area (Å²) < 4.78 is 6.13. The number of primary amides is 1. The molecule has 2 aromatic rings. The molecule has 23 heavy (non-hydrogen) atoms. The van der Waals surface area contributed by atoms with Gasteiger partial charge in [-0.25, -0.2) is 4.79 Å². The molecular formula is C13H11ClN4O5. The van der Waals surface area contributed by atoms with Gasteiger partial charge in [0.05, 0.1) is 23.4 Å². The Morgan fingerprint density at radius 1 is 1.43 bits per heavy atom. The van der Waals surface area contributed by atoms with E-state index < -0.39 is 22.6 Å². The molecule has 0 aliphatic carbocycles. The lowest BCUT2D eigenvalue weighted by Gasteiger charge is -2.03. The van der Waals surface area contributed by atoms with Crippen LogP contribution in [0.5, 0.6) is 0 Å². The van der Waals surface area contributed by atoms with Gasteiger partial charge in [0.1, 0.15) is 6.61 Å². The monoisotopic (exact) mass is 338 g/mol. The Kier molecular flexibility index (Phi) is 4.91. The van der Waals surface area contributed by atoms with Crippen LogP contribution in [-0.2, 0) is 11.3 Å². The van der Waals surface area contributed by atoms with Crippen molar-refractivity contribution in [2.24, 2.45) is 5.73 Å². The van der Waals surface area contributed by atoms with E-state index in [-0.39, 0.29) is 24.3 Å². The molecule has 2 N–H and O–H groups in total. The predicted octanol–water partition coefficient (Wildman–Crippen LogP) is 1.40. The minimum atomic E-state index is -0.959. The van der Waals surface area contributed by atoms with Crippen molar-refractivity contribution < 1.29 is 19.2 Å². The molecule has 0 saturated carbocycles. The average Bonchev–Trinajstić information content (AvgIpc) is 2.92. The molecule has 0 spiro atoms. The van der Waals surface area contributed by atoms with Crippen molar-refractivity contribution in [1.82, 2.24) is 9.78 Å². The normalized spacial score (nSPS) is 10.3. The summed E-state index contributed by atoms with van der Waals surface area (Å²) >= 11 is 5.77. The van der Waals surface area contributed by atoms with Gasteiger partial charge in [0.25, 0.3) is 5.91 Å². The third-order valence-electron chi connectivity index (χ3n) is 2.79. The average molecular weight is 339 g/mol. The topological polar surface area (TPSA) is 130 Å². The Morgan fingerprint density at radius 2 is 2.17 bits per heavy atom. The molecule has 0 bridgehead atoms. The summed E-state index contributed by atoms with van der Waals surface area (Å²) in [6.07, 6.45) is 1.13. The van der Waals surface area contributed by atoms with Gasteiger partial charge in [-0.3, -0.25) is 4.79 Å². The lowest BCUT2D eigenvalue weighted by molar-refractivity contribution is -0.390. The molecule has 0 aliphatic rings. The van der Waals surface area contributed by atoms with Crippen LogP contribution in [0.2, 0.25) is 5.02 Å². The molecule has 0 unspecified atom stereocenters. The predicted molar refractivity (Wildman–Crippen MR) is 79.1 cm³/mol. The zero-order valence-electron chi connectivity index (χ0n) is 11.6. The van der Waals surface area contributed by atoms with Crippen molar-refractivity contribution in [1.29, 1.82) is 0 Å². The van der Waals surface area contributed by atoms with E-state index in [2.05, 4.69) is 5.10 Å². The van der Waals surface area contributed by atoms with E-state index in [4.69, 9.17) is 22.1 Å². The standard InChI is InChI=1S/C13H11ClN4O5/c14-9-3-1-2-8(6-9)13(20)23-5-4-17-7-10(11(15)19)12(16-17)18(21)22/h1-3,6-7H,4-5H2,(H2,15,19). The molecule has 2 rings (SSSR count). The van der Waals surface area contributed by atoms with Gasteiger partial charge in [0.2, 0.25) is 0 Å². The minimum Gasteiger partial charge on any atom is -0.460 e. The van der Waals surface area contributed by atoms with Crippen molar-refractivity contribution in [3.05, 3.63) is 56.7 Å². The molecule has 0 saturated heterocycles. The third-order valence-corrected chi connectivity index (χ3v) is 3.03. The molecule has 0 aliphatic heterocycles. The van der Waals surface area contributed by atoms with Crippen LogP contribution in [0.3, 0.4) is 0 Å². The number of hydrogen-bond acceptors (Lipinski definition) is 6. The highest BCUT2D eigenvalue weighted by Gasteiger charge is 2.24. The van der Waals surface area contributed by atoms with Crippen LogP contribution in [-0.4, -0.2) is 33.2 Å². The summed E-state index contributed by atoms with van der Waals surface area (Å²) in [4.78, 5) is 32.8. The fourth-order valence-corrected chi connectivity index (χ4v) is 1.96. The maximum absolute atomic E-state index is 11.8. The molecule has 1 aromatic carbocycles. The van der Waals surface area contributed by atoms with E-state index in [1.165, 1.54) is 12.1 Å². The van der Waals surface area contributed by atoms with Crippen LogP contribution in [0.4, 0.5) is 5.82 Å². The second-order valence-electron chi connectivity index (χ2n) is 4.40. The maximum atomic E-state index is 11.8. The number of carbonyl (C=O) groups excluding carboxylic acids is 2. The Labute approximate surface area is 134 Å². The number of aromatic nitrogens is 2. The molecule has 0 atom stereocenters. The number of hydrogen-bond donors (Lipinski definition) is 1. The molecule has 1 amide bonds. The van der Waals surface area contributed by atoms with Crippen molar-refractivity contribution >= 4 is 29.3 Å². The van der Waals surface area contributed by atoms with Crippen LogP contribution in [0, 0.1) is 10.1 Å². The summed E-state index contributed by atoms with van der Waals surface area (Å²) in [7, 11) is 0. The minimum absolute atomic E-state index is 0.0282. The molecule has 10 heteroatoms. The van der Waals surface area contributed by atoms with Crippen LogP contribution >= 0.6 is 11.6 Å². The van der Waals surface area contributed by atoms with Gasteiger partial charge in [-0.1, -0.05) is 17.7 Å². The zero-order valence-corrected chi connectivity index (χ0v) is 12.4. The lowest BCUT2D eigenvalue weighted by Crippen LogP contribution is -2.12. The van der Waals surface area contributed by atoms with E-state index in [1.807, 2.05) is 0 Å². The SMILES string of the molecule is NC(=O)c1cn(CCOC(=O)c2cccc(Cl)c2)nc1[N+](=O)[O-]. The van der Waals surface area contributed by atoms with Crippen molar-refractivity contribution in [2.45, 2.75) is 6.54 Å². The number of rotatable bonds is 6. The molecule has 9 nitrogen and oxygen atoms in total. The van der Waals surface area contributed by atoms with Crippen LogP contribution < -0.4 is 5.73 Å². The van der Waals surface area contributed by atoms with Crippen LogP contribution in [0.1, 0.15) is 20.7 Å². The van der Waals surface area contributed by atoms with Crippen molar-refractivity contribution in [3.63, 3.8) is 0 Å². The maximum Gasteiger partial charge on any atom is 0.402 e. The van der Waals surface area contributed by atoms with Gasteiger partial charge in [-0.15, -0.1) is 0 Å². The fraction of sp³-hybridized carbons (Fsp3) is 0.154. The molecule has 120 valence electrons. The number of carbonyl (C=O) groups is 2. The number of ether oxygens (including phenoxy) is 1. The summed E-state index contributed by atoms with van der Waals surface area (Å²) in [6.45, 7) is -0.0667. The molecular weight excluding hydrogens is 328 g/mol. The largest absolute Gasteiger partial charge is 0.460 e. The number of nitro groups is 1. The van der Waals surface area contributed by atoms with Gasteiger partial charge in [0, 0.05) is 5.02 Å². The molecule has 0 fully saturated rings. The first-order valence-corrected chi connectivity index (χ1v) is 6.70. The number of benzene rings is 1. The summed E-state index contributed by atoms with van der Waals surface area (Å²) in [5.74, 6) is -2.19. The number of nitrogens with zero attached hydrogens (tertiary/aromatic N) is 3. The van der Waals surface area contributed by atoms with E-state index in [9.17, 15) is 19.7 Å². The van der Waals surface area contributed by atoms with Gasteiger partial charge < -0.3 is 20.6 Å². The van der Waals surface area contributed by atoms with E-state index in [0.717, 1.165) is 10.9 Å². The summed E-state index contributed by atoms with van der Waals surface area (Å²) in [5, 5.41) is 14.8. The Morgan fingerprint density at radius 3 is 2.74 bits per heavy atom. The number of amides is 1. The van der Waals surface area contributed by atoms with Gasteiger partial charge >= 0.3 is 11.8 Å². The fourth-order valence-electron chi connectivity index (χ4n) is 1.77. The molecule has 1 heterocycles.